The van der Waals surface area contributed by atoms with Crippen molar-refractivity contribution >= 4 is 29.4 Å². The quantitative estimate of drug-likeness (QED) is 0.556. The van der Waals surface area contributed by atoms with E-state index in [0.29, 0.717) is 24.6 Å². The highest BCUT2D eigenvalue weighted by molar-refractivity contribution is 6.30. The average molecular weight is 350 g/mol. The molecule has 1 heterocycles. The van der Waals surface area contributed by atoms with Crippen LogP contribution < -0.4 is 0 Å². The molecule has 1 aromatic carbocycles. The summed E-state index contributed by atoms with van der Waals surface area (Å²) >= 11 is 5.84. The van der Waals surface area contributed by atoms with Gasteiger partial charge in [0.05, 0.1) is 6.61 Å². The number of likely N-dealkylation sites (tertiary alicyclic amines) is 1. The van der Waals surface area contributed by atoms with Crippen molar-refractivity contribution in [3.63, 3.8) is 0 Å². The first-order chi connectivity index (χ1) is 11.6. The summed E-state index contributed by atoms with van der Waals surface area (Å²) in [5.41, 5.74) is 0.940. The fourth-order valence-electron chi connectivity index (χ4n) is 2.86. The molecule has 4 nitrogen and oxygen atoms in total. The van der Waals surface area contributed by atoms with E-state index in [1.165, 1.54) is 0 Å². The first-order valence-corrected chi connectivity index (χ1v) is 8.85. The molecule has 0 bridgehead atoms. The molecule has 0 saturated carbocycles. The van der Waals surface area contributed by atoms with Crippen LogP contribution in [0.5, 0.6) is 0 Å². The lowest BCUT2D eigenvalue weighted by Crippen LogP contribution is -2.46. The monoisotopic (exact) mass is 349 g/mol. The van der Waals surface area contributed by atoms with Gasteiger partial charge in [0.2, 0.25) is 0 Å². The standard InChI is InChI=1S/C19H24ClNO3/c1-2-24-19(23)18-5-3-4-13-21(18)14-12-17(22)11-8-15-6-9-16(20)10-7-15/h6-11,18H,2-5,12-14H2,1H3. The molecule has 1 atom stereocenters. The molecule has 2 rings (SSSR count). The molecule has 24 heavy (non-hydrogen) atoms. The van der Waals surface area contributed by atoms with Crippen LogP contribution in [0.25, 0.3) is 6.08 Å². The molecule has 0 aromatic heterocycles. The Morgan fingerprint density at radius 2 is 2.04 bits per heavy atom. The maximum absolute atomic E-state index is 12.1. The van der Waals surface area contributed by atoms with Crippen LogP contribution in [0.2, 0.25) is 5.02 Å². The highest BCUT2D eigenvalue weighted by Crippen LogP contribution is 2.18. The van der Waals surface area contributed by atoms with Gasteiger partial charge in [-0.3, -0.25) is 14.5 Å². The third-order valence-electron chi connectivity index (χ3n) is 4.15. The minimum atomic E-state index is -0.202. The third kappa shape index (κ3) is 5.77. The number of nitrogens with zero attached hydrogens (tertiary/aromatic N) is 1. The minimum Gasteiger partial charge on any atom is -0.465 e. The Kier molecular flexibility index (Phi) is 7.47. The van der Waals surface area contributed by atoms with E-state index < -0.39 is 0 Å². The fourth-order valence-corrected chi connectivity index (χ4v) is 2.99. The van der Waals surface area contributed by atoms with Crippen molar-refractivity contribution in [2.24, 2.45) is 0 Å². The molecule has 130 valence electrons. The number of hydrogen-bond donors (Lipinski definition) is 0. The maximum Gasteiger partial charge on any atom is 0.323 e. The lowest BCUT2D eigenvalue weighted by Gasteiger charge is -2.33. The number of esters is 1. The van der Waals surface area contributed by atoms with E-state index in [0.717, 1.165) is 31.4 Å². The summed E-state index contributed by atoms with van der Waals surface area (Å²) in [6.07, 6.45) is 6.69. The number of ketones is 1. The average Bonchev–Trinajstić information content (AvgIpc) is 2.60. The predicted octanol–water partition coefficient (Wildman–Crippen LogP) is 3.73. The van der Waals surface area contributed by atoms with Crippen LogP contribution in [0.15, 0.2) is 30.3 Å². The predicted molar refractivity (Wildman–Crippen MR) is 96.0 cm³/mol. The summed E-state index contributed by atoms with van der Waals surface area (Å²) in [5, 5.41) is 0.675. The van der Waals surface area contributed by atoms with Crippen LogP contribution in [-0.4, -0.2) is 42.4 Å². The number of piperidine rings is 1. The van der Waals surface area contributed by atoms with Gasteiger partial charge >= 0.3 is 5.97 Å². The molecule has 0 N–H and O–H groups in total. The van der Waals surface area contributed by atoms with Crippen molar-refractivity contribution in [1.82, 2.24) is 4.90 Å². The second kappa shape index (κ2) is 9.60. The molecular formula is C19H24ClNO3. The van der Waals surface area contributed by atoms with Gasteiger partial charge in [0.1, 0.15) is 6.04 Å². The van der Waals surface area contributed by atoms with Crippen molar-refractivity contribution in [1.29, 1.82) is 0 Å². The molecule has 1 aliphatic heterocycles. The number of carbonyl (C=O) groups excluding carboxylic acids is 2. The molecule has 1 unspecified atom stereocenters. The van der Waals surface area contributed by atoms with Crippen LogP contribution in [0.4, 0.5) is 0 Å². The molecule has 0 aliphatic carbocycles. The number of carbonyl (C=O) groups is 2. The molecule has 1 saturated heterocycles. The topological polar surface area (TPSA) is 46.6 Å². The third-order valence-corrected chi connectivity index (χ3v) is 4.40. The van der Waals surface area contributed by atoms with Crippen LogP contribution in [0.1, 0.15) is 38.2 Å². The van der Waals surface area contributed by atoms with Gasteiger partial charge in [-0.2, -0.15) is 0 Å². The minimum absolute atomic E-state index is 0.0538. The zero-order chi connectivity index (χ0) is 17.4. The summed E-state index contributed by atoms with van der Waals surface area (Å²) in [6.45, 7) is 3.65. The van der Waals surface area contributed by atoms with Crippen molar-refractivity contribution in [2.45, 2.75) is 38.6 Å². The lowest BCUT2D eigenvalue weighted by atomic mass is 10.0. The van der Waals surface area contributed by atoms with Crippen LogP contribution in [-0.2, 0) is 14.3 Å². The highest BCUT2D eigenvalue weighted by Gasteiger charge is 2.29. The summed E-state index contributed by atoms with van der Waals surface area (Å²) in [4.78, 5) is 26.2. The second-order valence-electron chi connectivity index (χ2n) is 5.90. The number of ether oxygens (including phenoxy) is 1. The first-order valence-electron chi connectivity index (χ1n) is 8.47. The van der Waals surface area contributed by atoms with Gasteiger partial charge in [0, 0.05) is 18.0 Å². The van der Waals surface area contributed by atoms with Crippen LogP contribution in [0, 0.1) is 0 Å². The van der Waals surface area contributed by atoms with Crippen molar-refractivity contribution in [3.8, 4) is 0 Å². The Morgan fingerprint density at radius 3 is 2.75 bits per heavy atom. The largest absolute Gasteiger partial charge is 0.465 e. The van der Waals surface area contributed by atoms with Gasteiger partial charge in [0.15, 0.2) is 5.78 Å². The molecule has 0 amide bonds. The van der Waals surface area contributed by atoms with Crippen molar-refractivity contribution in [2.75, 3.05) is 19.7 Å². The number of rotatable bonds is 7. The summed E-state index contributed by atoms with van der Waals surface area (Å²) < 4.78 is 5.14. The zero-order valence-electron chi connectivity index (χ0n) is 14.0. The molecule has 0 radical (unpaired) electrons. The Hall–Kier alpha value is -1.65. The smallest absolute Gasteiger partial charge is 0.323 e. The van der Waals surface area contributed by atoms with Crippen molar-refractivity contribution < 1.29 is 14.3 Å². The maximum atomic E-state index is 12.1. The Bertz CT molecular complexity index is 583. The number of allylic oxidation sites excluding steroid dienone is 1. The molecule has 1 aliphatic rings. The van der Waals surface area contributed by atoms with Gasteiger partial charge in [0.25, 0.3) is 0 Å². The number of hydrogen-bond acceptors (Lipinski definition) is 4. The van der Waals surface area contributed by atoms with Crippen molar-refractivity contribution in [3.05, 3.63) is 40.9 Å². The molecule has 1 aromatic rings. The summed E-state index contributed by atoms with van der Waals surface area (Å²) in [7, 11) is 0. The number of halogens is 1. The highest BCUT2D eigenvalue weighted by atomic mass is 35.5. The first kappa shape index (κ1) is 18.7. The second-order valence-corrected chi connectivity index (χ2v) is 6.34. The Morgan fingerprint density at radius 1 is 1.29 bits per heavy atom. The lowest BCUT2D eigenvalue weighted by molar-refractivity contribution is -0.151. The molecule has 1 fully saturated rings. The van der Waals surface area contributed by atoms with Gasteiger partial charge in [-0.1, -0.05) is 36.2 Å². The van der Waals surface area contributed by atoms with E-state index in [9.17, 15) is 9.59 Å². The SMILES string of the molecule is CCOC(=O)C1CCCCN1CCC(=O)C=Cc1ccc(Cl)cc1. The summed E-state index contributed by atoms with van der Waals surface area (Å²) in [5.74, 6) is -0.112. The molecule has 0 spiro atoms. The van der Waals surface area contributed by atoms with Gasteiger partial charge < -0.3 is 4.74 Å². The van der Waals surface area contributed by atoms with E-state index >= 15 is 0 Å². The van der Waals surface area contributed by atoms with E-state index in [1.54, 1.807) is 24.3 Å². The van der Waals surface area contributed by atoms with Gasteiger partial charge in [-0.05, 0) is 50.1 Å². The zero-order valence-corrected chi connectivity index (χ0v) is 14.8. The summed E-state index contributed by atoms with van der Waals surface area (Å²) in [6, 6.07) is 7.13. The van der Waals surface area contributed by atoms with Crippen LogP contribution in [0.3, 0.4) is 0 Å². The van der Waals surface area contributed by atoms with Gasteiger partial charge in [-0.25, -0.2) is 0 Å². The fraction of sp³-hybridized carbons (Fsp3) is 0.474. The van der Waals surface area contributed by atoms with Crippen LogP contribution >= 0.6 is 11.6 Å². The van der Waals surface area contributed by atoms with E-state index in [-0.39, 0.29) is 17.8 Å². The normalized spacial score (nSPS) is 18.7. The van der Waals surface area contributed by atoms with Gasteiger partial charge in [-0.15, -0.1) is 0 Å². The Balaban J connectivity index is 1.85. The Labute approximate surface area is 148 Å². The number of benzene rings is 1. The van der Waals surface area contributed by atoms with E-state index in [4.69, 9.17) is 16.3 Å². The molecular weight excluding hydrogens is 326 g/mol. The van der Waals surface area contributed by atoms with E-state index in [2.05, 4.69) is 4.90 Å². The van der Waals surface area contributed by atoms with E-state index in [1.807, 2.05) is 19.1 Å². The molecule has 5 heteroatoms.